The molecule has 0 aliphatic rings. The van der Waals surface area contributed by atoms with Crippen LogP contribution in [-0.2, 0) is 13.6 Å². The van der Waals surface area contributed by atoms with Gasteiger partial charge in [-0.2, -0.15) is 5.10 Å². The Kier molecular flexibility index (Phi) is 4.39. The molecule has 0 aliphatic heterocycles. The number of aryl methyl sites for hydroxylation is 2. The molecule has 2 aromatic heterocycles. The molecule has 0 bridgehead atoms. The van der Waals surface area contributed by atoms with Gasteiger partial charge in [0.2, 0.25) is 5.88 Å². The summed E-state index contributed by atoms with van der Waals surface area (Å²) in [4.78, 5) is 4.51. The van der Waals surface area contributed by atoms with Crippen LogP contribution in [0.1, 0.15) is 30.9 Å². The molecule has 2 aromatic rings. The number of ether oxygens (including phenoxy) is 1. The maximum Gasteiger partial charge on any atom is 0.219 e. The molecule has 2 heterocycles. The average molecular weight is 274 g/mol. The van der Waals surface area contributed by atoms with Crippen LogP contribution in [-0.4, -0.2) is 20.8 Å². The zero-order valence-electron chi connectivity index (χ0n) is 12.8. The zero-order valence-corrected chi connectivity index (χ0v) is 12.8. The van der Waals surface area contributed by atoms with Crippen molar-refractivity contribution >= 4 is 0 Å². The first-order chi connectivity index (χ1) is 9.47. The van der Waals surface area contributed by atoms with Gasteiger partial charge in [0.1, 0.15) is 5.69 Å². The van der Waals surface area contributed by atoms with Crippen molar-refractivity contribution in [3.8, 4) is 11.6 Å². The fourth-order valence-corrected chi connectivity index (χ4v) is 1.93. The molecule has 1 N–H and O–H groups in total. The van der Waals surface area contributed by atoms with Crippen molar-refractivity contribution in [3.05, 3.63) is 35.3 Å². The molecule has 0 aromatic carbocycles. The third kappa shape index (κ3) is 3.36. The molecule has 0 fully saturated rings. The van der Waals surface area contributed by atoms with Gasteiger partial charge in [0.25, 0.3) is 0 Å². The van der Waals surface area contributed by atoms with E-state index in [0.717, 1.165) is 29.4 Å². The Morgan fingerprint density at radius 2 is 2.05 bits per heavy atom. The third-order valence-electron chi connectivity index (χ3n) is 3.12. The van der Waals surface area contributed by atoms with Crippen LogP contribution in [0.3, 0.4) is 0 Å². The molecule has 0 aliphatic carbocycles. The van der Waals surface area contributed by atoms with Crippen LogP contribution in [0.25, 0.3) is 0 Å². The van der Waals surface area contributed by atoms with Crippen molar-refractivity contribution in [2.24, 2.45) is 7.05 Å². The van der Waals surface area contributed by atoms with Gasteiger partial charge in [-0.1, -0.05) is 19.9 Å². The van der Waals surface area contributed by atoms with Crippen molar-refractivity contribution in [1.82, 2.24) is 20.1 Å². The van der Waals surface area contributed by atoms with Crippen molar-refractivity contribution in [1.29, 1.82) is 0 Å². The predicted molar refractivity (Wildman–Crippen MR) is 79.0 cm³/mol. The molecule has 0 saturated carbocycles. The molecule has 0 radical (unpaired) electrons. The minimum Gasteiger partial charge on any atom is -0.435 e. The van der Waals surface area contributed by atoms with Crippen molar-refractivity contribution < 1.29 is 4.74 Å². The molecule has 108 valence electrons. The van der Waals surface area contributed by atoms with Gasteiger partial charge in [0, 0.05) is 25.7 Å². The summed E-state index contributed by atoms with van der Waals surface area (Å²) in [5.74, 6) is 1.39. The van der Waals surface area contributed by atoms with E-state index in [-0.39, 0.29) is 0 Å². The van der Waals surface area contributed by atoms with Gasteiger partial charge in [-0.15, -0.1) is 0 Å². The standard InChI is InChI=1S/C15H22N4O/c1-10(2)16-9-13-7-6-8-14(17-13)20-15-11(3)18-19(5)12(15)4/h6-8,10,16H,9H2,1-5H3. The van der Waals surface area contributed by atoms with Crippen LogP contribution < -0.4 is 10.1 Å². The van der Waals surface area contributed by atoms with E-state index in [2.05, 4.69) is 29.2 Å². The van der Waals surface area contributed by atoms with E-state index < -0.39 is 0 Å². The molecule has 20 heavy (non-hydrogen) atoms. The fraction of sp³-hybridized carbons (Fsp3) is 0.467. The highest BCUT2D eigenvalue weighted by molar-refractivity contribution is 5.35. The van der Waals surface area contributed by atoms with Crippen LogP contribution in [0.5, 0.6) is 11.6 Å². The van der Waals surface area contributed by atoms with Gasteiger partial charge in [-0.25, -0.2) is 4.98 Å². The zero-order chi connectivity index (χ0) is 14.7. The number of pyridine rings is 1. The lowest BCUT2D eigenvalue weighted by Gasteiger charge is -2.09. The first-order valence-corrected chi connectivity index (χ1v) is 6.84. The van der Waals surface area contributed by atoms with Crippen LogP contribution >= 0.6 is 0 Å². The maximum atomic E-state index is 5.89. The molecule has 0 saturated heterocycles. The van der Waals surface area contributed by atoms with Gasteiger partial charge in [-0.3, -0.25) is 4.68 Å². The van der Waals surface area contributed by atoms with Crippen molar-refractivity contribution in [2.75, 3.05) is 0 Å². The van der Waals surface area contributed by atoms with Crippen molar-refractivity contribution in [3.63, 3.8) is 0 Å². The molecule has 0 atom stereocenters. The summed E-state index contributed by atoms with van der Waals surface area (Å²) in [7, 11) is 1.91. The fourth-order valence-electron chi connectivity index (χ4n) is 1.93. The first-order valence-electron chi connectivity index (χ1n) is 6.84. The predicted octanol–water partition coefficient (Wildman–Crippen LogP) is 2.72. The lowest BCUT2D eigenvalue weighted by atomic mass is 10.3. The molecule has 0 unspecified atom stereocenters. The number of nitrogens with one attached hydrogen (secondary N) is 1. The van der Waals surface area contributed by atoms with Crippen LogP contribution in [0.15, 0.2) is 18.2 Å². The Morgan fingerprint density at radius 1 is 1.30 bits per heavy atom. The maximum absolute atomic E-state index is 5.89. The average Bonchev–Trinajstić information content (AvgIpc) is 2.64. The van der Waals surface area contributed by atoms with E-state index in [4.69, 9.17) is 4.74 Å². The minimum absolute atomic E-state index is 0.434. The Hall–Kier alpha value is -1.88. The van der Waals surface area contributed by atoms with Gasteiger partial charge in [0.05, 0.1) is 11.4 Å². The number of hydrogen-bond donors (Lipinski definition) is 1. The topological polar surface area (TPSA) is 52.0 Å². The second kappa shape index (κ2) is 6.05. The highest BCUT2D eigenvalue weighted by Crippen LogP contribution is 2.26. The van der Waals surface area contributed by atoms with Crippen molar-refractivity contribution in [2.45, 2.75) is 40.3 Å². The SMILES string of the molecule is Cc1nn(C)c(C)c1Oc1cccc(CNC(C)C)n1. The summed E-state index contributed by atoms with van der Waals surface area (Å²) < 4.78 is 7.70. The number of hydrogen-bond acceptors (Lipinski definition) is 4. The summed E-state index contributed by atoms with van der Waals surface area (Å²) in [6, 6.07) is 6.25. The van der Waals surface area contributed by atoms with E-state index >= 15 is 0 Å². The van der Waals surface area contributed by atoms with Gasteiger partial charge in [0.15, 0.2) is 5.75 Å². The monoisotopic (exact) mass is 274 g/mol. The molecular weight excluding hydrogens is 252 g/mol. The molecule has 5 heteroatoms. The second-order valence-electron chi connectivity index (χ2n) is 5.23. The molecule has 2 rings (SSSR count). The smallest absolute Gasteiger partial charge is 0.219 e. The minimum atomic E-state index is 0.434. The Bertz CT molecular complexity index is 590. The van der Waals surface area contributed by atoms with Crippen LogP contribution in [0.2, 0.25) is 0 Å². The summed E-state index contributed by atoms with van der Waals surface area (Å²) >= 11 is 0. The third-order valence-corrected chi connectivity index (χ3v) is 3.12. The van der Waals surface area contributed by atoms with E-state index in [1.165, 1.54) is 0 Å². The van der Waals surface area contributed by atoms with Crippen LogP contribution in [0, 0.1) is 13.8 Å². The highest BCUT2D eigenvalue weighted by atomic mass is 16.5. The Labute approximate surface area is 120 Å². The summed E-state index contributed by atoms with van der Waals surface area (Å²) in [5.41, 5.74) is 2.84. The van der Waals surface area contributed by atoms with E-state index in [9.17, 15) is 0 Å². The quantitative estimate of drug-likeness (QED) is 0.911. The van der Waals surface area contributed by atoms with Gasteiger partial charge in [-0.05, 0) is 19.9 Å². The summed E-state index contributed by atoms with van der Waals surface area (Å²) in [6.45, 7) is 8.89. The van der Waals surface area contributed by atoms with Gasteiger partial charge < -0.3 is 10.1 Å². The number of aromatic nitrogens is 3. The Morgan fingerprint density at radius 3 is 2.65 bits per heavy atom. The molecular formula is C15H22N4O. The van der Waals surface area contributed by atoms with Gasteiger partial charge >= 0.3 is 0 Å². The largest absolute Gasteiger partial charge is 0.435 e. The van der Waals surface area contributed by atoms with E-state index in [1.54, 1.807) is 0 Å². The summed E-state index contributed by atoms with van der Waals surface area (Å²) in [5, 5.41) is 7.69. The first kappa shape index (κ1) is 14.5. The molecule has 0 amide bonds. The molecule has 0 spiro atoms. The number of rotatable bonds is 5. The van der Waals surface area contributed by atoms with E-state index in [1.807, 2.05) is 43.8 Å². The second-order valence-corrected chi connectivity index (χ2v) is 5.23. The normalized spacial score (nSPS) is 11.1. The number of nitrogens with zero attached hydrogens (tertiary/aromatic N) is 3. The van der Waals surface area contributed by atoms with E-state index in [0.29, 0.717) is 11.9 Å². The lowest BCUT2D eigenvalue weighted by Crippen LogP contribution is -2.22. The summed E-state index contributed by atoms with van der Waals surface area (Å²) in [6.07, 6.45) is 0. The lowest BCUT2D eigenvalue weighted by molar-refractivity contribution is 0.451. The Balaban J connectivity index is 2.15. The molecule has 5 nitrogen and oxygen atoms in total. The highest BCUT2D eigenvalue weighted by Gasteiger charge is 2.12. The van der Waals surface area contributed by atoms with Crippen LogP contribution in [0.4, 0.5) is 0 Å².